The highest BCUT2D eigenvalue weighted by atomic mass is 32.2. The summed E-state index contributed by atoms with van der Waals surface area (Å²) in [6, 6.07) is 0.324. The number of ether oxygens (including phenoxy) is 1. The highest BCUT2D eigenvalue weighted by Gasteiger charge is 2.45. The van der Waals surface area contributed by atoms with Crippen LogP contribution in [0.2, 0.25) is 0 Å². The maximum absolute atomic E-state index is 11.5. The summed E-state index contributed by atoms with van der Waals surface area (Å²) in [5, 5.41) is 3.59. The van der Waals surface area contributed by atoms with Crippen LogP contribution in [0.25, 0.3) is 0 Å². The molecule has 0 spiro atoms. The van der Waals surface area contributed by atoms with Gasteiger partial charge in [-0.2, -0.15) is 0 Å². The van der Waals surface area contributed by atoms with E-state index in [2.05, 4.69) is 33.0 Å². The SMILES string of the molecule is CC1(C)CC(NCC2CCN(S(C)(=O)=O)C2)C(C)(C)O1. The van der Waals surface area contributed by atoms with Gasteiger partial charge in [0.1, 0.15) is 0 Å². The molecule has 118 valence electrons. The fourth-order valence-electron chi connectivity index (χ4n) is 3.45. The van der Waals surface area contributed by atoms with Crippen LogP contribution in [0.3, 0.4) is 0 Å². The van der Waals surface area contributed by atoms with Gasteiger partial charge in [0.15, 0.2) is 0 Å². The van der Waals surface area contributed by atoms with Crippen molar-refractivity contribution in [3.63, 3.8) is 0 Å². The summed E-state index contributed by atoms with van der Waals surface area (Å²) in [7, 11) is -3.03. The zero-order chi connectivity index (χ0) is 15.2. The van der Waals surface area contributed by atoms with Gasteiger partial charge < -0.3 is 10.1 Å². The first kappa shape index (κ1) is 16.2. The van der Waals surface area contributed by atoms with E-state index in [1.807, 2.05) is 0 Å². The molecule has 2 unspecified atom stereocenters. The highest BCUT2D eigenvalue weighted by Crippen LogP contribution is 2.37. The van der Waals surface area contributed by atoms with Crippen molar-refractivity contribution in [2.24, 2.45) is 5.92 Å². The molecule has 0 aromatic rings. The molecule has 2 fully saturated rings. The van der Waals surface area contributed by atoms with E-state index in [1.165, 1.54) is 6.26 Å². The predicted molar refractivity (Wildman–Crippen MR) is 80.2 cm³/mol. The Hall–Kier alpha value is -0.170. The lowest BCUT2D eigenvalue weighted by molar-refractivity contribution is -0.0699. The topological polar surface area (TPSA) is 58.6 Å². The number of hydrogen-bond donors (Lipinski definition) is 1. The Morgan fingerprint density at radius 2 is 1.95 bits per heavy atom. The third kappa shape index (κ3) is 3.72. The molecule has 2 aliphatic heterocycles. The molecule has 0 aromatic carbocycles. The fraction of sp³-hybridized carbons (Fsp3) is 1.00. The summed E-state index contributed by atoms with van der Waals surface area (Å²) in [6.45, 7) is 10.6. The molecule has 20 heavy (non-hydrogen) atoms. The molecule has 0 aromatic heterocycles. The van der Waals surface area contributed by atoms with Crippen LogP contribution in [-0.2, 0) is 14.8 Å². The van der Waals surface area contributed by atoms with E-state index >= 15 is 0 Å². The highest BCUT2D eigenvalue weighted by molar-refractivity contribution is 7.88. The Morgan fingerprint density at radius 3 is 2.40 bits per heavy atom. The molecule has 0 aliphatic carbocycles. The van der Waals surface area contributed by atoms with Gasteiger partial charge in [-0.05, 0) is 53.0 Å². The van der Waals surface area contributed by atoms with Gasteiger partial charge in [-0.3, -0.25) is 0 Å². The summed E-state index contributed by atoms with van der Waals surface area (Å²) >= 11 is 0. The summed E-state index contributed by atoms with van der Waals surface area (Å²) in [5.41, 5.74) is -0.256. The molecule has 2 aliphatic rings. The van der Waals surface area contributed by atoms with Crippen molar-refractivity contribution in [3.05, 3.63) is 0 Å². The van der Waals surface area contributed by atoms with Crippen molar-refractivity contribution in [2.45, 2.75) is 57.8 Å². The van der Waals surface area contributed by atoms with Crippen molar-refractivity contribution in [1.29, 1.82) is 0 Å². The van der Waals surface area contributed by atoms with Gasteiger partial charge in [0.05, 0.1) is 17.5 Å². The number of hydrogen-bond acceptors (Lipinski definition) is 4. The smallest absolute Gasteiger partial charge is 0.211 e. The Bertz CT molecular complexity index is 459. The van der Waals surface area contributed by atoms with Crippen LogP contribution in [-0.4, -0.2) is 55.9 Å². The van der Waals surface area contributed by atoms with Crippen LogP contribution < -0.4 is 5.32 Å². The van der Waals surface area contributed by atoms with E-state index in [9.17, 15) is 8.42 Å². The van der Waals surface area contributed by atoms with E-state index in [0.717, 1.165) is 19.4 Å². The fourth-order valence-corrected chi connectivity index (χ4v) is 4.37. The summed E-state index contributed by atoms with van der Waals surface area (Å²) in [4.78, 5) is 0. The molecule has 0 radical (unpaired) electrons. The normalized spacial score (nSPS) is 33.6. The molecule has 2 heterocycles. The third-order valence-electron chi connectivity index (χ3n) is 4.44. The first-order chi connectivity index (χ1) is 9.00. The largest absolute Gasteiger partial charge is 0.368 e. The Kier molecular flexibility index (Phi) is 4.24. The Balaban J connectivity index is 1.85. The van der Waals surface area contributed by atoms with Crippen LogP contribution in [0, 0.1) is 5.92 Å². The molecular weight excluding hydrogens is 276 g/mol. The second kappa shape index (κ2) is 5.23. The van der Waals surface area contributed by atoms with E-state index in [0.29, 0.717) is 25.0 Å². The van der Waals surface area contributed by atoms with E-state index in [4.69, 9.17) is 4.74 Å². The minimum absolute atomic E-state index is 0.0877. The molecule has 2 saturated heterocycles. The van der Waals surface area contributed by atoms with Gasteiger partial charge in [0.2, 0.25) is 10.0 Å². The van der Waals surface area contributed by atoms with Gasteiger partial charge in [-0.15, -0.1) is 0 Å². The summed E-state index contributed by atoms with van der Waals surface area (Å²) < 4.78 is 30.7. The van der Waals surface area contributed by atoms with Gasteiger partial charge in [-0.1, -0.05) is 0 Å². The Labute approximate surface area is 123 Å². The van der Waals surface area contributed by atoms with Gasteiger partial charge in [0.25, 0.3) is 0 Å². The Morgan fingerprint density at radius 1 is 1.30 bits per heavy atom. The van der Waals surface area contributed by atoms with E-state index < -0.39 is 10.0 Å². The molecule has 2 atom stereocenters. The zero-order valence-corrected chi connectivity index (χ0v) is 14.1. The van der Waals surface area contributed by atoms with Crippen molar-refractivity contribution >= 4 is 10.0 Å². The predicted octanol–water partition coefficient (Wildman–Crippen LogP) is 1.20. The minimum Gasteiger partial charge on any atom is -0.368 e. The molecule has 1 N–H and O–H groups in total. The van der Waals surface area contributed by atoms with Crippen molar-refractivity contribution in [1.82, 2.24) is 9.62 Å². The molecular formula is C14H28N2O3S. The van der Waals surface area contributed by atoms with Gasteiger partial charge in [-0.25, -0.2) is 12.7 Å². The summed E-state index contributed by atoms with van der Waals surface area (Å²) in [6.07, 6.45) is 3.22. The first-order valence-corrected chi connectivity index (χ1v) is 9.23. The van der Waals surface area contributed by atoms with Crippen LogP contribution in [0.1, 0.15) is 40.5 Å². The lowest BCUT2D eigenvalue weighted by atomic mass is 9.94. The number of nitrogens with one attached hydrogen (secondary N) is 1. The lowest BCUT2D eigenvalue weighted by Crippen LogP contribution is -2.45. The third-order valence-corrected chi connectivity index (χ3v) is 5.71. The van der Waals surface area contributed by atoms with Crippen molar-refractivity contribution < 1.29 is 13.2 Å². The van der Waals surface area contributed by atoms with Crippen LogP contribution >= 0.6 is 0 Å². The standard InChI is InChI=1S/C14H28N2O3S/c1-13(2)8-12(14(3,4)19-13)15-9-11-6-7-16(10-11)20(5,17)18/h11-12,15H,6-10H2,1-5H3. The maximum Gasteiger partial charge on any atom is 0.211 e. The molecule has 2 rings (SSSR count). The van der Waals surface area contributed by atoms with Crippen molar-refractivity contribution in [3.8, 4) is 0 Å². The van der Waals surface area contributed by atoms with Gasteiger partial charge in [0, 0.05) is 19.1 Å². The number of nitrogens with zero attached hydrogens (tertiary/aromatic N) is 1. The van der Waals surface area contributed by atoms with E-state index in [-0.39, 0.29) is 11.2 Å². The molecule has 0 saturated carbocycles. The molecule has 0 amide bonds. The van der Waals surface area contributed by atoms with Crippen LogP contribution in [0.15, 0.2) is 0 Å². The molecule has 5 nitrogen and oxygen atoms in total. The van der Waals surface area contributed by atoms with Crippen LogP contribution in [0.4, 0.5) is 0 Å². The first-order valence-electron chi connectivity index (χ1n) is 7.38. The number of rotatable bonds is 4. The zero-order valence-electron chi connectivity index (χ0n) is 13.3. The lowest BCUT2D eigenvalue weighted by Gasteiger charge is -2.28. The average Bonchev–Trinajstić information content (AvgIpc) is 2.76. The minimum atomic E-state index is -3.03. The number of sulfonamides is 1. The van der Waals surface area contributed by atoms with Crippen molar-refractivity contribution in [2.75, 3.05) is 25.9 Å². The van der Waals surface area contributed by atoms with Gasteiger partial charge >= 0.3 is 0 Å². The summed E-state index contributed by atoms with van der Waals surface area (Å²) in [5.74, 6) is 0.407. The second-order valence-corrected chi connectivity index (χ2v) is 9.39. The van der Waals surface area contributed by atoms with E-state index in [1.54, 1.807) is 4.31 Å². The quantitative estimate of drug-likeness (QED) is 0.848. The maximum atomic E-state index is 11.5. The second-order valence-electron chi connectivity index (χ2n) is 7.41. The monoisotopic (exact) mass is 304 g/mol. The molecule has 6 heteroatoms. The molecule has 0 bridgehead atoms. The average molecular weight is 304 g/mol. The van der Waals surface area contributed by atoms with Crippen LogP contribution in [0.5, 0.6) is 0 Å².